The zero-order chi connectivity index (χ0) is 11.5. The predicted octanol–water partition coefficient (Wildman–Crippen LogP) is 3.10. The standard InChI is InChI=1S/C12H11BrN2O/c1-16-10-4-2-8(3-5-10)9-6-11(13)12(14)15-7-9/h2-7H,1H3,(H2,14,15). The third kappa shape index (κ3) is 2.17. The highest BCUT2D eigenvalue weighted by atomic mass is 79.9. The van der Waals surface area contributed by atoms with E-state index >= 15 is 0 Å². The first-order valence-electron chi connectivity index (χ1n) is 4.76. The van der Waals surface area contributed by atoms with Gasteiger partial charge in [-0.3, -0.25) is 0 Å². The van der Waals surface area contributed by atoms with Crippen molar-refractivity contribution in [2.45, 2.75) is 0 Å². The Morgan fingerprint density at radius 3 is 2.44 bits per heavy atom. The zero-order valence-electron chi connectivity index (χ0n) is 8.77. The molecule has 3 nitrogen and oxygen atoms in total. The van der Waals surface area contributed by atoms with Gasteiger partial charge in [0.15, 0.2) is 0 Å². The van der Waals surface area contributed by atoms with Crippen LogP contribution < -0.4 is 10.5 Å². The van der Waals surface area contributed by atoms with Gasteiger partial charge in [-0.2, -0.15) is 0 Å². The molecule has 16 heavy (non-hydrogen) atoms. The van der Waals surface area contributed by atoms with Crippen LogP contribution in [0.5, 0.6) is 5.75 Å². The zero-order valence-corrected chi connectivity index (χ0v) is 10.4. The largest absolute Gasteiger partial charge is 0.497 e. The van der Waals surface area contributed by atoms with Gasteiger partial charge in [0.25, 0.3) is 0 Å². The minimum atomic E-state index is 0.497. The molecule has 0 unspecified atom stereocenters. The second kappa shape index (κ2) is 4.53. The number of nitrogens with zero attached hydrogens (tertiary/aromatic N) is 1. The van der Waals surface area contributed by atoms with E-state index in [4.69, 9.17) is 10.5 Å². The first-order chi connectivity index (χ1) is 7.70. The van der Waals surface area contributed by atoms with Crippen molar-refractivity contribution in [3.05, 3.63) is 41.0 Å². The van der Waals surface area contributed by atoms with Gasteiger partial charge in [-0.05, 0) is 39.7 Å². The lowest BCUT2D eigenvalue weighted by Crippen LogP contribution is -1.91. The van der Waals surface area contributed by atoms with E-state index < -0.39 is 0 Å². The van der Waals surface area contributed by atoms with Gasteiger partial charge in [-0.25, -0.2) is 4.98 Å². The third-order valence-corrected chi connectivity index (χ3v) is 2.93. The van der Waals surface area contributed by atoms with E-state index in [0.717, 1.165) is 21.3 Å². The number of hydrogen-bond acceptors (Lipinski definition) is 3. The van der Waals surface area contributed by atoms with Gasteiger partial charge >= 0.3 is 0 Å². The summed E-state index contributed by atoms with van der Waals surface area (Å²) in [7, 11) is 1.65. The molecule has 1 aromatic carbocycles. The molecule has 0 radical (unpaired) electrons. The molecule has 82 valence electrons. The predicted molar refractivity (Wildman–Crippen MR) is 68.3 cm³/mol. The van der Waals surface area contributed by atoms with Crippen LogP contribution in [0.25, 0.3) is 11.1 Å². The van der Waals surface area contributed by atoms with Crippen LogP contribution >= 0.6 is 15.9 Å². The van der Waals surface area contributed by atoms with Crippen molar-refractivity contribution in [2.24, 2.45) is 0 Å². The van der Waals surface area contributed by atoms with E-state index in [1.54, 1.807) is 13.3 Å². The van der Waals surface area contributed by atoms with Crippen LogP contribution in [0.1, 0.15) is 0 Å². The average molecular weight is 279 g/mol. The Kier molecular flexibility index (Phi) is 3.10. The Morgan fingerprint density at radius 1 is 1.19 bits per heavy atom. The molecule has 2 N–H and O–H groups in total. The first kappa shape index (κ1) is 11.0. The summed E-state index contributed by atoms with van der Waals surface area (Å²) in [6.45, 7) is 0. The highest BCUT2D eigenvalue weighted by Crippen LogP contribution is 2.26. The van der Waals surface area contributed by atoms with Crippen LogP contribution in [0.2, 0.25) is 0 Å². The molecular weight excluding hydrogens is 268 g/mol. The van der Waals surface area contributed by atoms with Crippen LogP contribution in [-0.2, 0) is 0 Å². The van der Waals surface area contributed by atoms with Gasteiger partial charge in [-0.1, -0.05) is 12.1 Å². The molecule has 2 rings (SSSR count). The molecule has 0 aliphatic carbocycles. The number of halogens is 1. The number of pyridine rings is 1. The number of nitrogen functional groups attached to an aromatic ring is 1. The minimum Gasteiger partial charge on any atom is -0.497 e. The van der Waals surface area contributed by atoms with Crippen molar-refractivity contribution in [2.75, 3.05) is 12.8 Å². The van der Waals surface area contributed by atoms with Crippen molar-refractivity contribution < 1.29 is 4.74 Å². The smallest absolute Gasteiger partial charge is 0.137 e. The third-order valence-electron chi connectivity index (χ3n) is 2.29. The summed E-state index contributed by atoms with van der Waals surface area (Å²) in [5.74, 6) is 1.34. The molecule has 0 bridgehead atoms. The molecule has 0 spiro atoms. The van der Waals surface area contributed by atoms with Crippen LogP contribution in [0.15, 0.2) is 41.0 Å². The maximum Gasteiger partial charge on any atom is 0.137 e. The fraction of sp³-hybridized carbons (Fsp3) is 0.0833. The van der Waals surface area contributed by atoms with E-state index in [-0.39, 0.29) is 0 Å². The van der Waals surface area contributed by atoms with Crippen molar-refractivity contribution in [1.82, 2.24) is 4.98 Å². The Hall–Kier alpha value is -1.55. The van der Waals surface area contributed by atoms with Gasteiger partial charge in [0.1, 0.15) is 11.6 Å². The van der Waals surface area contributed by atoms with Crippen molar-refractivity contribution in [3.8, 4) is 16.9 Å². The summed E-state index contributed by atoms with van der Waals surface area (Å²) >= 11 is 3.36. The number of rotatable bonds is 2. The van der Waals surface area contributed by atoms with Crippen LogP contribution in [0.4, 0.5) is 5.82 Å². The van der Waals surface area contributed by atoms with E-state index in [0.29, 0.717) is 5.82 Å². The van der Waals surface area contributed by atoms with Crippen molar-refractivity contribution in [1.29, 1.82) is 0 Å². The lowest BCUT2D eigenvalue weighted by molar-refractivity contribution is 0.415. The van der Waals surface area contributed by atoms with Crippen molar-refractivity contribution >= 4 is 21.7 Å². The molecule has 0 aliphatic rings. The van der Waals surface area contributed by atoms with E-state index in [2.05, 4.69) is 20.9 Å². The monoisotopic (exact) mass is 278 g/mol. The second-order valence-corrected chi connectivity index (χ2v) is 4.17. The fourth-order valence-corrected chi connectivity index (χ4v) is 1.74. The van der Waals surface area contributed by atoms with Crippen molar-refractivity contribution in [3.63, 3.8) is 0 Å². The minimum absolute atomic E-state index is 0.497. The number of aromatic nitrogens is 1. The SMILES string of the molecule is COc1ccc(-c2cnc(N)c(Br)c2)cc1. The topological polar surface area (TPSA) is 48.1 Å². The molecule has 1 heterocycles. The summed E-state index contributed by atoms with van der Waals surface area (Å²) in [6, 6.07) is 9.75. The number of nitrogens with two attached hydrogens (primary N) is 1. The molecular formula is C12H11BrN2O. The molecule has 2 aromatic rings. The maximum absolute atomic E-state index is 5.63. The summed E-state index contributed by atoms with van der Waals surface area (Å²) < 4.78 is 5.91. The summed E-state index contributed by atoms with van der Waals surface area (Å²) in [5.41, 5.74) is 7.73. The van der Waals surface area contributed by atoms with Gasteiger partial charge in [0.05, 0.1) is 11.6 Å². The fourth-order valence-electron chi connectivity index (χ4n) is 1.39. The number of benzene rings is 1. The van der Waals surface area contributed by atoms with Crippen LogP contribution in [-0.4, -0.2) is 12.1 Å². The Bertz CT molecular complexity index is 497. The highest BCUT2D eigenvalue weighted by Gasteiger charge is 2.02. The summed E-state index contributed by atoms with van der Waals surface area (Å²) in [6.07, 6.45) is 1.75. The van der Waals surface area contributed by atoms with Gasteiger partial charge in [0.2, 0.25) is 0 Å². The van der Waals surface area contributed by atoms with Gasteiger partial charge in [0, 0.05) is 11.8 Å². The molecule has 0 aliphatic heterocycles. The molecule has 0 saturated carbocycles. The Labute approximate surface area is 102 Å². The Balaban J connectivity index is 2.38. The molecule has 0 atom stereocenters. The first-order valence-corrected chi connectivity index (χ1v) is 5.55. The highest BCUT2D eigenvalue weighted by molar-refractivity contribution is 9.10. The van der Waals surface area contributed by atoms with Crippen LogP contribution in [0.3, 0.4) is 0 Å². The molecule has 4 heteroatoms. The number of ether oxygens (including phenoxy) is 1. The lowest BCUT2D eigenvalue weighted by atomic mass is 10.1. The quantitative estimate of drug-likeness (QED) is 0.918. The van der Waals surface area contributed by atoms with E-state index in [1.165, 1.54) is 0 Å². The number of anilines is 1. The molecule has 0 saturated heterocycles. The normalized spacial score (nSPS) is 10.1. The average Bonchev–Trinajstić information content (AvgIpc) is 2.33. The van der Waals surface area contributed by atoms with E-state index in [9.17, 15) is 0 Å². The molecule has 0 fully saturated rings. The number of methoxy groups -OCH3 is 1. The maximum atomic E-state index is 5.63. The second-order valence-electron chi connectivity index (χ2n) is 3.32. The lowest BCUT2D eigenvalue weighted by Gasteiger charge is -2.05. The Morgan fingerprint density at radius 2 is 1.88 bits per heavy atom. The van der Waals surface area contributed by atoms with E-state index in [1.807, 2.05) is 30.3 Å². The van der Waals surface area contributed by atoms with Gasteiger partial charge < -0.3 is 10.5 Å². The molecule has 0 amide bonds. The van der Waals surface area contributed by atoms with Gasteiger partial charge in [-0.15, -0.1) is 0 Å². The summed E-state index contributed by atoms with van der Waals surface area (Å²) in [4.78, 5) is 4.10. The summed E-state index contributed by atoms with van der Waals surface area (Å²) in [5, 5.41) is 0. The molecule has 1 aromatic heterocycles. The number of hydrogen-bond donors (Lipinski definition) is 1. The van der Waals surface area contributed by atoms with Crippen LogP contribution in [0, 0.1) is 0 Å².